The first-order valence-corrected chi connectivity index (χ1v) is 8.02. The Morgan fingerprint density at radius 3 is 2.53 bits per heavy atom. The molecule has 1 heterocycles. The Hall–Kier alpha value is -0.340. The first-order chi connectivity index (χ1) is 9.07. The highest BCUT2D eigenvalue weighted by Gasteiger charge is 2.45. The topological polar surface area (TPSA) is 18.5 Å². The van der Waals surface area contributed by atoms with Gasteiger partial charge in [0.2, 0.25) is 0 Å². The van der Waals surface area contributed by atoms with Gasteiger partial charge in [-0.05, 0) is 32.1 Å². The van der Waals surface area contributed by atoms with Crippen LogP contribution in [0.2, 0.25) is 0 Å². The second-order valence-electron chi connectivity index (χ2n) is 6.66. The van der Waals surface area contributed by atoms with E-state index in [1.807, 2.05) is 0 Å². The molecule has 0 N–H and O–H groups in total. The van der Waals surface area contributed by atoms with Crippen LogP contribution in [0.3, 0.4) is 0 Å². The van der Waals surface area contributed by atoms with Crippen molar-refractivity contribution >= 4 is 0 Å². The summed E-state index contributed by atoms with van der Waals surface area (Å²) >= 11 is 0. The van der Waals surface area contributed by atoms with Crippen molar-refractivity contribution in [1.82, 2.24) is 0 Å². The largest absolute Gasteiger partial charge is 0.349 e. The molecule has 110 valence electrons. The second kappa shape index (κ2) is 6.41. The molecule has 2 rings (SSSR count). The number of hydrogen-bond acceptors (Lipinski definition) is 2. The Labute approximate surface area is 118 Å². The molecule has 0 amide bonds. The van der Waals surface area contributed by atoms with Crippen LogP contribution in [-0.4, -0.2) is 19.0 Å². The summed E-state index contributed by atoms with van der Waals surface area (Å²) in [5.74, 6) is 1.32. The van der Waals surface area contributed by atoms with Crippen molar-refractivity contribution in [2.45, 2.75) is 65.6 Å². The van der Waals surface area contributed by atoms with Gasteiger partial charge in [-0.15, -0.1) is 0 Å². The Morgan fingerprint density at radius 1 is 1.26 bits per heavy atom. The third-order valence-corrected chi connectivity index (χ3v) is 4.70. The number of ether oxygens (including phenoxy) is 2. The van der Waals surface area contributed by atoms with Gasteiger partial charge in [-0.2, -0.15) is 0 Å². The van der Waals surface area contributed by atoms with Gasteiger partial charge >= 0.3 is 0 Å². The molecule has 0 spiro atoms. The smallest absolute Gasteiger partial charge is 0.171 e. The van der Waals surface area contributed by atoms with Gasteiger partial charge in [0.25, 0.3) is 0 Å². The van der Waals surface area contributed by atoms with E-state index in [4.69, 9.17) is 9.47 Å². The lowest BCUT2D eigenvalue weighted by Gasteiger charge is -2.47. The summed E-state index contributed by atoms with van der Waals surface area (Å²) in [5.41, 5.74) is 1.53. The minimum absolute atomic E-state index is 0.306. The summed E-state index contributed by atoms with van der Waals surface area (Å²) in [6.45, 7) is 10.7. The second-order valence-corrected chi connectivity index (χ2v) is 6.66. The lowest BCUT2D eigenvalue weighted by molar-refractivity contribution is -0.316. The number of hydrogen-bond donors (Lipinski definition) is 0. The first kappa shape index (κ1) is 15.1. The van der Waals surface area contributed by atoms with Gasteiger partial charge in [0.15, 0.2) is 5.79 Å². The van der Waals surface area contributed by atoms with Crippen molar-refractivity contribution in [3.63, 3.8) is 0 Å². The normalized spacial score (nSPS) is 40.0. The molecule has 1 fully saturated rings. The summed E-state index contributed by atoms with van der Waals surface area (Å²) in [6, 6.07) is 0. The molecule has 0 aromatic carbocycles. The van der Waals surface area contributed by atoms with E-state index in [0.29, 0.717) is 17.8 Å². The molecule has 1 saturated heterocycles. The van der Waals surface area contributed by atoms with Gasteiger partial charge in [0.05, 0.1) is 13.2 Å². The number of allylic oxidation sites excluding steroid dienone is 2. The van der Waals surface area contributed by atoms with Crippen molar-refractivity contribution in [3.05, 3.63) is 11.6 Å². The average molecular weight is 266 g/mol. The molecule has 1 aliphatic heterocycles. The summed E-state index contributed by atoms with van der Waals surface area (Å²) in [6.07, 6.45) is 8.29. The van der Waals surface area contributed by atoms with Crippen LogP contribution in [0.25, 0.3) is 0 Å². The number of rotatable bonds is 4. The maximum Gasteiger partial charge on any atom is 0.171 e. The predicted octanol–water partition coefficient (Wildman–Crippen LogP) is 4.55. The van der Waals surface area contributed by atoms with E-state index in [0.717, 1.165) is 19.6 Å². The highest BCUT2D eigenvalue weighted by Crippen LogP contribution is 2.43. The molecule has 0 saturated carbocycles. The Balaban J connectivity index is 2.13. The highest BCUT2D eigenvalue weighted by atomic mass is 16.7. The molecule has 0 aromatic heterocycles. The van der Waals surface area contributed by atoms with Crippen LogP contribution in [0.5, 0.6) is 0 Å². The molecular weight excluding hydrogens is 236 g/mol. The van der Waals surface area contributed by atoms with Crippen LogP contribution >= 0.6 is 0 Å². The molecular formula is C17H30O2. The van der Waals surface area contributed by atoms with Crippen LogP contribution in [-0.2, 0) is 9.47 Å². The molecule has 2 heteroatoms. The van der Waals surface area contributed by atoms with Gasteiger partial charge in [-0.25, -0.2) is 0 Å². The fourth-order valence-corrected chi connectivity index (χ4v) is 3.54. The zero-order valence-electron chi connectivity index (χ0n) is 13.1. The number of unbranched alkanes of at least 4 members (excludes halogenated alkanes) is 1. The van der Waals surface area contributed by atoms with Gasteiger partial charge in [-0.3, -0.25) is 0 Å². The molecule has 1 aliphatic carbocycles. The van der Waals surface area contributed by atoms with E-state index in [9.17, 15) is 0 Å². The van der Waals surface area contributed by atoms with Crippen LogP contribution in [0.1, 0.15) is 59.8 Å². The first-order valence-electron chi connectivity index (χ1n) is 8.02. The fourth-order valence-electron chi connectivity index (χ4n) is 3.54. The summed E-state index contributed by atoms with van der Waals surface area (Å²) in [4.78, 5) is 0. The maximum absolute atomic E-state index is 6.27. The SMILES string of the molecule is CCCCC1(C2CCC(C)=CC2C)OCC(C)CO1. The van der Waals surface area contributed by atoms with E-state index in [2.05, 4.69) is 33.8 Å². The van der Waals surface area contributed by atoms with Crippen molar-refractivity contribution in [1.29, 1.82) is 0 Å². The summed E-state index contributed by atoms with van der Waals surface area (Å²) in [7, 11) is 0. The lowest BCUT2D eigenvalue weighted by Crippen LogP contribution is -2.51. The molecule has 0 radical (unpaired) electrons. The summed E-state index contributed by atoms with van der Waals surface area (Å²) < 4.78 is 12.5. The molecule has 2 unspecified atom stereocenters. The van der Waals surface area contributed by atoms with Crippen LogP contribution in [0.4, 0.5) is 0 Å². The van der Waals surface area contributed by atoms with Crippen LogP contribution in [0, 0.1) is 17.8 Å². The third-order valence-electron chi connectivity index (χ3n) is 4.70. The van der Waals surface area contributed by atoms with Gasteiger partial charge in [-0.1, -0.05) is 38.8 Å². The Kier molecular flexibility index (Phi) is 5.08. The molecule has 0 aromatic rings. The summed E-state index contributed by atoms with van der Waals surface area (Å²) in [5, 5.41) is 0. The van der Waals surface area contributed by atoms with E-state index < -0.39 is 0 Å². The van der Waals surface area contributed by atoms with E-state index in [-0.39, 0.29) is 5.79 Å². The maximum atomic E-state index is 6.27. The zero-order chi connectivity index (χ0) is 13.9. The minimum atomic E-state index is -0.306. The highest BCUT2D eigenvalue weighted by molar-refractivity contribution is 5.08. The molecule has 2 atom stereocenters. The van der Waals surface area contributed by atoms with Crippen molar-refractivity contribution in [2.75, 3.05) is 13.2 Å². The van der Waals surface area contributed by atoms with E-state index in [1.54, 1.807) is 0 Å². The van der Waals surface area contributed by atoms with Crippen LogP contribution < -0.4 is 0 Å². The molecule has 19 heavy (non-hydrogen) atoms. The van der Waals surface area contributed by atoms with Gasteiger partial charge in [0.1, 0.15) is 0 Å². The fraction of sp³-hybridized carbons (Fsp3) is 0.882. The quantitative estimate of drug-likeness (QED) is 0.695. The average Bonchev–Trinajstić information content (AvgIpc) is 2.39. The van der Waals surface area contributed by atoms with Crippen LogP contribution in [0.15, 0.2) is 11.6 Å². The van der Waals surface area contributed by atoms with E-state index in [1.165, 1.54) is 31.3 Å². The van der Waals surface area contributed by atoms with Gasteiger partial charge < -0.3 is 9.47 Å². The monoisotopic (exact) mass is 266 g/mol. The van der Waals surface area contributed by atoms with Gasteiger partial charge in [0, 0.05) is 18.3 Å². The predicted molar refractivity (Wildman–Crippen MR) is 79.0 cm³/mol. The lowest BCUT2D eigenvalue weighted by atomic mass is 9.75. The zero-order valence-corrected chi connectivity index (χ0v) is 13.1. The third kappa shape index (κ3) is 3.41. The van der Waals surface area contributed by atoms with E-state index >= 15 is 0 Å². The minimum Gasteiger partial charge on any atom is -0.349 e. The molecule has 2 nitrogen and oxygen atoms in total. The molecule has 2 aliphatic rings. The standard InChI is InChI=1S/C17H30O2/c1-5-6-9-17(18-11-14(3)12-19-17)16-8-7-13(2)10-15(16)4/h10,14-16H,5-9,11-12H2,1-4H3. The Morgan fingerprint density at radius 2 is 1.95 bits per heavy atom. The molecule has 0 bridgehead atoms. The van der Waals surface area contributed by atoms with Crippen molar-refractivity contribution in [3.8, 4) is 0 Å². The Bertz CT molecular complexity index is 308. The van der Waals surface area contributed by atoms with Crippen molar-refractivity contribution < 1.29 is 9.47 Å². The van der Waals surface area contributed by atoms with Crippen molar-refractivity contribution in [2.24, 2.45) is 17.8 Å².